The first-order valence-corrected chi connectivity index (χ1v) is 4.93. The van der Waals surface area contributed by atoms with E-state index >= 15 is 0 Å². The molecule has 0 unspecified atom stereocenters. The summed E-state index contributed by atoms with van der Waals surface area (Å²) < 4.78 is 5.58. The number of hydrogen-bond donors (Lipinski definition) is 1. The van der Waals surface area contributed by atoms with Crippen molar-refractivity contribution < 1.29 is 4.74 Å². The van der Waals surface area contributed by atoms with Crippen LogP contribution in [0.1, 0.15) is 13.8 Å². The molecule has 1 heterocycles. The van der Waals surface area contributed by atoms with Crippen molar-refractivity contribution in [3.05, 3.63) is 18.3 Å². The van der Waals surface area contributed by atoms with E-state index < -0.39 is 0 Å². The fourth-order valence-corrected chi connectivity index (χ4v) is 0.857. The van der Waals surface area contributed by atoms with Crippen molar-refractivity contribution in [2.45, 2.75) is 19.4 Å². The number of nitrogen functional groups attached to an aromatic ring is 1. The first-order chi connectivity index (χ1) is 6.92. The van der Waals surface area contributed by atoms with Crippen LogP contribution in [-0.2, 0) is 0 Å². The maximum Gasteiger partial charge on any atom is 0.213 e. The van der Waals surface area contributed by atoms with Crippen LogP contribution in [0.15, 0.2) is 18.3 Å². The highest BCUT2D eigenvalue weighted by molar-refractivity contribution is 5.35. The molecule has 0 aliphatic heterocycles. The van der Waals surface area contributed by atoms with Gasteiger partial charge >= 0.3 is 0 Å². The smallest absolute Gasteiger partial charge is 0.213 e. The number of ether oxygens (including phenoxy) is 1. The predicted octanol–water partition coefficient (Wildman–Crippen LogP) is 1.38. The van der Waals surface area contributed by atoms with Crippen LogP contribution in [0.4, 0.5) is 5.69 Å². The third kappa shape index (κ3) is 3.40. The molecule has 1 aromatic rings. The van der Waals surface area contributed by atoms with Gasteiger partial charge in [0.25, 0.3) is 0 Å². The molecule has 4 nitrogen and oxygen atoms in total. The summed E-state index contributed by atoms with van der Waals surface area (Å²) in [6.07, 6.45) is 1.60. The minimum absolute atomic E-state index is 0.0108. The molecule has 0 radical (unpaired) electrons. The molecule has 4 heteroatoms. The molecule has 0 spiro atoms. The van der Waals surface area contributed by atoms with Gasteiger partial charge in [-0.05, 0) is 34.0 Å². The summed E-state index contributed by atoms with van der Waals surface area (Å²) in [6, 6.07) is 3.56. The zero-order valence-corrected chi connectivity index (χ0v) is 9.82. The maximum atomic E-state index is 5.58. The van der Waals surface area contributed by atoms with Gasteiger partial charge in [-0.25, -0.2) is 4.98 Å². The molecule has 0 fully saturated rings. The van der Waals surface area contributed by atoms with E-state index in [9.17, 15) is 0 Å². The molecule has 0 atom stereocenters. The third-order valence-corrected chi connectivity index (χ3v) is 2.54. The average Bonchev–Trinajstić information content (AvgIpc) is 2.17. The number of likely N-dealkylation sites (N-methyl/N-ethyl adjacent to an activating group) is 1. The lowest BCUT2D eigenvalue weighted by Crippen LogP contribution is -2.43. The molecule has 1 aromatic heterocycles. The van der Waals surface area contributed by atoms with Gasteiger partial charge < -0.3 is 15.4 Å². The van der Waals surface area contributed by atoms with Crippen molar-refractivity contribution in [3.63, 3.8) is 0 Å². The molecule has 15 heavy (non-hydrogen) atoms. The van der Waals surface area contributed by atoms with Crippen molar-refractivity contribution in [3.8, 4) is 5.88 Å². The number of nitrogens with two attached hydrogens (primary N) is 1. The zero-order chi connectivity index (χ0) is 11.5. The zero-order valence-electron chi connectivity index (χ0n) is 9.82. The van der Waals surface area contributed by atoms with Gasteiger partial charge in [0, 0.05) is 11.6 Å². The Kier molecular flexibility index (Phi) is 3.52. The molecule has 0 saturated carbocycles. The van der Waals surface area contributed by atoms with Gasteiger partial charge in [-0.1, -0.05) is 0 Å². The molecule has 0 aliphatic rings. The lowest BCUT2D eigenvalue weighted by atomic mass is 10.1. The van der Waals surface area contributed by atoms with Crippen molar-refractivity contribution in [2.24, 2.45) is 0 Å². The maximum absolute atomic E-state index is 5.58. The van der Waals surface area contributed by atoms with E-state index in [1.807, 2.05) is 14.1 Å². The third-order valence-electron chi connectivity index (χ3n) is 2.54. The van der Waals surface area contributed by atoms with Gasteiger partial charge in [0.15, 0.2) is 0 Å². The van der Waals surface area contributed by atoms with Crippen LogP contribution >= 0.6 is 0 Å². The molecule has 0 bridgehead atoms. The Bertz CT molecular complexity index is 306. The molecule has 2 N–H and O–H groups in total. The number of hydrogen-bond acceptors (Lipinski definition) is 4. The molecule has 1 rings (SSSR count). The summed E-state index contributed by atoms with van der Waals surface area (Å²) >= 11 is 0. The molecule has 0 aliphatic carbocycles. The van der Waals surface area contributed by atoms with Gasteiger partial charge in [-0.15, -0.1) is 0 Å². The molecule has 0 saturated heterocycles. The first-order valence-electron chi connectivity index (χ1n) is 4.93. The summed E-state index contributed by atoms with van der Waals surface area (Å²) in [5.41, 5.74) is 6.17. The minimum Gasteiger partial charge on any atom is -0.476 e. The minimum atomic E-state index is -0.0108. The number of anilines is 1. The Morgan fingerprint density at radius 1 is 1.40 bits per heavy atom. The van der Waals surface area contributed by atoms with Crippen molar-refractivity contribution in [2.75, 3.05) is 26.4 Å². The van der Waals surface area contributed by atoms with Crippen LogP contribution in [0, 0.1) is 0 Å². The van der Waals surface area contributed by atoms with Crippen LogP contribution in [0.3, 0.4) is 0 Å². The summed E-state index contributed by atoms with van der Waals surface area (Å²) in [5, 5.41) is 0. The fourth-order valence-electron chi connectivity index (χ4n) is 0.857. The number of nitrogens with zero attached hydrogens (tertiary/aromatic N) is 2. The Balaban J connectivity index is 2.54. The van der Waals surface area contributed by atoms with Gasteiger partial charge in [-0.3, -0.25) is 0 Å². The Labute approximate surface area is 91.1 Å². The van der Waals surface area contributed by atoms with Crippen molar-refractivity contribution >= 4 is 5.69 Å². The normalized spacial score (nSPS) is 11.8. The summed E-state index contributed by atoms with van der Waals surface area (Å²) in [4.78, 5) is 6.19. The fraction of sp³-hybridized carbons (Fsp3) is 0.545. The summed E-state index contributed by atoms with van der Waals surface area (Å²) in [6.45, 7) is 4.82. The lowest BCUT2D eigenvalue weighted by molar-refractivity contribution is 0.111. The number of aromatic nitrogens is 1. The molecule has 0 aromatic carbocycles. The molecule has 0 amide bonds. The summed E-state index contributed by atoms with van der Waals surface area (Å²) in [7, 11) is 4.06. The molecular formula is C11H19N3O. The highest BCUT2D eigenvalue weighted by Gasteiger charge is 2.21. The van der Waals surface area contributed by atoms with Crippen molar-refractivity contribution in [1.29, 1.82) is 0 Å². The van der Waals surface area contributed by atoms with E-state index in [4.69, 9.17) is 10.5 Å². The SMILES string of the molecule is CN(C)C(C)(C)COc1ccc(N)cn1. The first kappa shape index (κ1) is 11.8. The van der Waals surface area contributed by atoms with E-state index in [0.29, 0.717) is 18.2 Å². The quantitative estimate of drug-likeness (QED) is 0.814. The molecule has 84 valence electrons. The van der Waals surface area contributed by atoms with E-state index in [1.165, 1.54) is 0 Å². The second kappa shape index (κ2) is 4.49. The highest BCUT2D eigenvalue weighted by atomic mass is 16.5. The average molecular weight is 209 g/mol. The van der Waals surface area contributed by atoms with Gasteiger partial charge in [0.2, 0.25) is 5.88 Å². The van der Waals surface area contributed by atoms with Crippen LogP contribution in [-0.4, -0.2) is 36.1 Å². The molecular weight excluding hydrogens is 190 g/mol. The van der Waals surface area contributed by atoms with E-state index in [0.717, 1.165) is 0 Å². The van der Waals surface area contributed by atoms with Crippen LogP contribution in [0.5, 0.6) is 5.88 Å². The largest absolute Gasteiger partial charge is 0.476 e. The van der Waals surface area contributed by atoms with Crippen LogP contribution < -0.4 is 10.5 Å². The Morgan fingerprint density at radius 3 is 2.53 bits per heavy atom. The van der Waals surface area contributed by atoms with Crippen LogP contribution in [0.2, 0.25) is 0 Å². The van der Waals surface area contributed by atoms with E-state index in [2.05, 4.69) is 23.7 Å². The Morgan fingerprint density at radius 2 is 2.07 bits per heavy atom. The lowest BCUT2D eigenvalue weighted by Gasteiger charge is -2.31. The number of pyridine rings is 1. The van der Waals surface area contributed by atoms with E-state index in [-0.39, 0.29) is 5.54 Å². The highest BCUT2D eigenvalue weighted by Crippen LogP contribution is 2.14. The Hall–Kier alpha value is -1.29. The monoisotopic (exact) mass is 209 g/mol. The van der Waals surface area contributed by atoms with E-state index in [1.54, 1.807) is 18.3 Å². The predicted molar refractivity (Wildman–Crippen MR) is 61.9 cm³/mol. The van der Waals surface area contributed by atoms with Gasteiger partial charge in [-0.2, -0.15) is 0 Å². The van der Waals surface area contributed by atoms with Crippen molar-refractivity contribution in [1.82, 2.24) is 9.88 Å². The standard InChI is InChI=1S/C11H19N3O/c1-11(2,14(3)4)8-15-10-6-5-9(12)7-13-10/h5-7H,8,12H2,1-4H3. The summed E-state index contributed by atoms with van der Waals surface area (Å²) in [5.74, 6) is 0.610. The number of rotatable bonds is 4. The topological polar surface area (TPSA) is 51.4 Å². The second-order valence-electron chi connectivity index (χ2n) is 4.43. The van der Waals surface area contributed by atoms with Gasteiger partial charge in [0.05, 0.1) is 11.9 Å². The van der Waals surface area contributed by atoms with Gasteiger partial charge in [0.1, 0.15) is 6.61 Å². The van der Waals surface area contributed by atoms with Crippen LogP contribution in [0.25, 0.3) is 0 Å². The second-order valence-corrected chi connectivity index (χ2v) is 4.43.